The van der Waals surface area contributed by atoms with Gasteiger partial charge in [0.1, 0.15) is 0 Å². The van der Waals surface area contributed by atoms with Crippen LogP contribution >= 0.6 is 23.6 Å². The van der Waals surface area contributed by atoms with Gasteiger partial charge >= 0.3 is 0 Å². The monoisotopic (exact) mass is 282 g/mol. The van der Waals surface area contributed by atoms with Gasteiger partial charge in [0.05, 0.1) is 23.5 Å². The summed E-state index contributed by atoms with van der Waals surface area (Å²) in [6, 6.07) is 0. The molecular weight excluding hydrogens is 268 g/mol. The summed E-state index contributed by atoms with van der Waals surface area (Å²) in [5.74, 6) is -0.0593. The van der Waals surface area contributed by atoms with Crippen LogP contribution in [0.2, 0.25) is 0 Å². The molecule has 0 aromatic carbocycles. The molecule has 0 bridgehead atoms. The molecule has 5 nitrogen and oxygen atoms in total. The Labute approximate surface area is 114 Å². The number of aromatic amines is 2. The SMILES string of the molecule is Cc1n[nH]c(C)c1NC(=O)Cc1sc(=S)[nH]c1C. The van der Waals surface area contributed by atoms with Gasteiger partial charge in [-0.2, -0.15) is 5.10 Å². The Hall–Kier alpha value is -1.47. The van der Waals surface area contributed by atoms with E-state index in [9.17, 15) is 4.79 Å². The molecule has 0 saturated heterocycles. The number of aryl methyl sites for hydroxylation is 3. The minimum absolute atomic E-state index is 0.0593. The van der Waals surface area contributed by atoms with Gasteiger partial charge in [-0.1, -0.05) is 0 Å². The number of anilines is 1. The average molecular weight is 282 g/mol. The van der Waals surface area contributed by atoms with Gasteiger partial charge in [-0.05, 0) is 33.0 Å². The molecule has 0 radical (unpaired) electrons. The van der Waals surface area contributed by atoms with Crippen LogP contribution in [0.1, 0.15) is 22.0 Å². The number of nitrogens with one attached hydrogen (secondary N) is 3. The van der Waals surface area contributed by atoms with Crippen molar-refractivity contribution in [2.24, 2.45) is 0 Å². The molecule has 0 spiro atoms. The van der Waals surface area contributed by atoms with E-state index in [0.29, 0.717) is 10.4 Å². The summed E-state index contributed by atoms with van der Waals surface area (Å²) in [5.41, 5.74) is 3.37. The van der Waals surface area contributed by atoms with Crippen LogP contribution in [0.4, 0.5) is 5.69 Å². The second kappa shape index (κ2) is 5.03. The molecular formula is C11H14N4OS2. The molecule has 2 aromatic heterocycles. The number of carbonyl (C=O) groups excluding carboxylic acids is 1. The van der Waals surface area contributed by atoms with Crippen molar-refractivity contribution in [1.29, 1.82) is 0 Å². The second-order valence-corrected chi connectivity index (χ2v) is 5.87. The van der Waals surface area contributed by atoms with Crippen molar-refractivity contribution in [1.82, 2.24) is 15.2 Å². The van der Waals surface area contributed by atoms with Crippen molar-refractivity contribution < 1.29 is 4.79 Å². The van der Waals surface area contributed by atoms with E-state index >= 15 is 0 Å². The maximum absolute atomic E-state index is 12.0. The third kappa shape index (κ3) is 2.68. The summed E-state index contributed by atoms with van der Waals surface area (Å²) in [7, 11) is 0. The fraction of sp³-hybridized carbons (Fsp3) is 0.364. The summed E-state index contributed by atoms with van der Waals surface area (Å²) in [6.45, 7) is 5.65. The van der Waals surface area contributed by atoms with Gasteiger partial charge in [-0.3, -0.25) is 9.89 Å². The molecule has 1 amide bonds. The van der Waals surface area contributed by atoms with E-state index in [1.54, 1.807) is 0 Å². The molecule has 7 heteroatoms. The van der Waals surface area contributed by atoms with Crippen LogP contribution in [0.15, 0.2) is 0 Å². The normalized spacial score (nSPS) is 10.6. The summed E-state index contributed by atoms with van der Waals surface area (Å²) >= 11 is 6.49. The summed E-state index contributed by atoms with van der Waals surface area (Å²) in [4.78, 5) is 15.9. The topological polar surface area (TPSA) is 73.6 Å². The maximum Gasteiger partial charge on any atom is 0.229 e. The van der Waals surface area contributed by atoms with E-state index in [4.69, 9.17) is 12.2 Å². The van der Waals surface area contributed by atoms with Crippen LogP contribution in [0.5, 0.6) is 0 Å². The zero-order valence-corrected chi connectivity index (χ0v) is 12.0. The summed E-state index contributed by atoms with van der Waals surface area (Å²) in [5, 5.41) is 9.74. The van der Waals surface area contributed by atoms with Crippen LogP contribution in [-0.4, -0.2) is 21.1 Å². The lowest BCUT2D eigenvalue weighted by Crippen LogP contribution is -2.15. The van der Waals surface area contributed by atoms with Gasteiger partial charge in [0.2, 0.25) is 5.91 Å². The van der Waals surface area contributed by atoms with E-state index in [-0.39, 0.29) is 5.91 Å². The van der Waals surface area contributed by atoms with E-state index in [0.717, 1.165) is 27.6 Å². The fourth-order valence-electron chi connectivity index (χ4n) is 1.67. The number of nitrogens with zero attached hydrogens (tertiary/aromatic N) is 1. The molecule has 3 N–H and O–H groups in total. The number of hydrogen-bond donors (Lipinski definition) is 3. The lowest BCUT2D eigenvalue weighted by molar-refractivity contribution is -0.115. The highest BCUT2D eigenvalue weighted by atomic mass is 32.1. The molecule has 0 aliphatic heterocycles. The minimum atomic E-state index is -0.0593. The quantitative estimate of drug-likeness (QED) is 0.758. The van der Waals surface area contributed by atoms with Crippen molar-refractivity contribution in [3.63, 3.8) is 0 Å². The number of H-pyrrole nitrogens is 2. The zero-order valence-electron chi connectivity index (χ0n) is 10.4. The van der Waals surface area contributed by atoms with Crippen molar-refractivity contribution in [3.05, 3.63) is 25.9 Å². The minimum Gasteiger partial charge on any atom is -0.341 e. The van der Waals surface area contributed by atoms with Gasteiger partial charge in [-0.25, -0.2) is 0 Å². The fourth-order valence-corrected chi connectivity index (χ4v) is 2.96. The highest BCUT2D eigenvalue weighted by molar-refractivity contribution is 7.73. The molecule has 2 heterocycles. The summed E-state index contributed by atoms with van der Waals surface area (Å²) < 4.78 is 0.700. The largest absolute Gasteiger partial charge is 0.341 e. The Balaban J connectivity index is 2.10. The molecule has 0 aliphatic carbocycles. The number of carbonyl (C=O) groups is 1. The van der Waals surface area contributed by atoms with E-state index in [1.165, 1.54) is 11.3 Å². The maximum atomic E-state index is 12.0. The second-order valence-electron chi connectivity index (χ2n) is 4.10. The van der Waals surface area contributed by atoms with Gasteiger partial charge in [-0.15, -0.1) is 11.3 Å². The third-order valence-corrected chi connectivity index (χ3v) is 3.97. The number of hydrogen-bond acceptors (Lipinski definition) is 4. The smallest absolute Gasteiger partial charge is 0.229 e. The van der Waals surface area contributed by atoms with E-state index in [2.05, 4.69) is 20.5 Å². The van der Waals surface area contributed by atoms with Crippen molar-refractivity contribution in [2.45, 2.75) is 27.2 Å². The Morgan fingerprint density at radius 2 is 2.11 bits per heavy atom. The third-order valence-electron chi connectivity index (χ3n) is 2.64. The molecule has 0 fully saturated rings. The first-order valence-corrected chi connectivity index (χ1v) is 6.70. The number of amides is 1. The first kappa shape index (κ1) is 13.0. The molecule has 2 aromatic rings. The molecule has 0 saturated carbocycles. The van der Waals surface area contributed by atoms with Crippen molar-refractivity contribution in [2.75, 3.05) is 5.32 Å². The highest BCUT2D eigenvalue weighted by Gasteiger charge is 2.12. The van der Waals surface area contributed by atoms with Crippen LogP contribution < -0.4 is 5.32 Å². The van der Waals surface area contributed by atoms with Crippen LogP contribution in [0, 0.1) is 24.7 Å². The first-order chi connectivity index (χ1) is 8.47. The van der Waals surface area contributed by atoms with Gasteiger partial charge in [0.15, 0.2) is 3.95 Å². The number of rotatable bonds is 3. The molecule has 0 unspecified atom stereocenters. The Kier molecular flexibility index (Phi) is 3.63. The molecule has 0 aliphatic rings. The molecule has 96 valence electrons. The lowest BCUT2D eigenvalue weighted by Gasteiger charge is -2.04. The average Bonchev–Trinajstić information content (AvgIpc) is 2.75. The highest BCUT2D eigenvalue weighted by Crippen LogP contribution is 2.19. The van der Waals surface area contributed by atoms with Crippen LogP contribution in [-0.2, 0) is 11.2 Å². The number of aromatic nitrogens is 3. The van der Waals surface area contributed by atoms with Crippen LogP contribution in [0.25, 0.3) is 0 Å². The zero-order chi connectivity index (χ0) is 13.3. The molecule has 18 heavy (non-hydrogen) atoms. The Morgan fingerprint density at radius 1 is 1.39 bits per heavy atom. The Bertz CT molecular complexity index is 618. The lowest BCUT2D eigenvalue weighted by atomic mass is 10.2. The van der Waals surface area contributed by atoms with E-state index in [1.807, 2.05) is 20.8 Å². The predicted molar refractivity (Wildman–Crippen MR) is 74.6 cm³/mol. The van der Waals surface area contributed by atoms with Crippen molar-refractivity contribution >= 4 is 35.1 Å². The predicted octanol–water partition coefficient (Wildman–Crippen LogP) is 2.64. The molecule has 2 rings (SSSR count). The van der Waals surface area contributed by atoms with Crippen molar-refractivity contribution in [3.8, 4) is 0 Å². The van der Waals surface area contributed by atoms with E-state index < -0.39 is 0 Å². The standard InChI is InChI=1S/C11H14N4OS2/c1-5-8(18-11(17)12-5)4-9(16)13-10-6(2)14-15-7(10)3/h4H2,1-3H3,(H,12,17)(H,13,16)(H,14,15). The van der Waals surface area contributed by atoms with Gasteiger partial charge < -0.3 is 10.3 Å². The van der Waals surface area contributed by atoms with Crippen LogP contribution in [0.3, 0.4) is 0 Å². The van der Waals surface area contributed by atoms with Gasteiger partial charge in [0.25, 0.3) is 0 Å². The van der Waals surface area contributed by atoms with Gasteiger partial charge in [0, 0.05) is 10.6 Å². The molecule has 0 atom stereocenters. The Morgan fingerprint density at radius 3 is 2.61 bits per heavy atom. The summed E-state index contributed by atoms with van der Waals surface area (Å²) in [6.07, 6.45) is 0.327. The first-order valence-electron chi connectivity index (χ1n) is 5.47. The number of thiazole rings is 1.